The summed E-state index contributed by atoms with van der Waals surface area (Å²) in [6.45, 7) is 4.98. The fraction of sp³-hybridized carbons (Fsp3) is 0.421. The minimum absolute atomic E-state index is 0.140. The molecule has 156 valence electrons. The van der Waals surface area contributed by atoms with Gasteiger partial charge in [0, 0.05) is 32.2 Å². The lowest BCUT2D eigenvalue weighted by Crippen LogP contribution is -2.37. The van der Waals surface area contributed by atoms with Crippen molar-refractivity contribution in [2.45, 2.75) is 13.1 Å². The Labute approximate surface area is 166 Å². The molecule has 2 heterocycles. The number of nitrogens with one attached hydrogen (secondary N) is 2. The first-order chi connectivity index (χ1) is 13.8. The van der Waals surface area contributed by atoms with Gasteiger partial charge < -0.3 is 20.3 Å². The predicted octanol–water partition coefficient (Wildman–Crippen LogP) is 2.48. The highest BCUT2D eigenvalue weighted by Crippen LogP contribution is 2.31. The molecule has 0 atom stereocenters. The number of carbonyl (C=O) groups is 1. The van der Waals surface area contributed by atoms with Crippen molar-refractivity contribution in [1.29, 1.82) is 0 Å². The molecule has 1 aliphatic rings. The molecule has 3 rings (SSSR count). The lowest BCUT2D eigenvalue weighted by atomic mass is 10.1. The van der Waals surface area contributed by atoms with Gasteiger partial charge in [-0.25, -0.2) is 9.97 Å². The maximum Gasteiger partial charge on any atom is 0.417 e. The van der Waals surface area contributed by atoms with Crippen molar-refractivity contribution in [3.8, 4) is 0 Å². The maximum atomic E-state index is 13.0. The molecule has 1 aromatic carbocycles. The predicted molar refractivity (Wildman–Crippen MR) is 102 cm³/mol. The standard InChI is InChI=1S/C19H22F3N5O2/c1-13-25-16(12-17(26-13)27-8-10-29-11-9-27)23-6-7-24-18(28)14-4-2-3-5-15(14)19(20,21)22/h2-5,12H,6-11H2,1H3,(H,24,28)(H,23,25,26). The second-order valence-corrected chi connectivity index (χ2v) is 6.48. The van der Waals surface area contributed by atoms with E-state index in [1.165, 1.54) is 12.1 Å². The Morgan fingerprint density at radius 3 is 2.62 bits per heavy atom. The van der Waals surface area contributed by atoms with Crippen molar-refractivity contribution in [1.82, 2.24) is 15.3 Å². The number of hydrogen-bond acceptors (Lipinski definition) is 6. The SMILES string of the molecule is Cc1nc(NCCNC(=O)c2ccccc2C(F)(F)F)cc(N2CCOCC2)n1. The highest BCUT2D eigenvalue weighted by atomic mass is 19.4. The third kappa shape index (κ3) is 5.57. The number of rotatable bonds is 6. The summed E-state index contributed by atoms with van der Waals surface area (Å²) in [7, 11) is 0. The first-order valence-electron chi connectivity index (χ1n) is 9.21. The van der Waals surface area contributed by atoms with E-state index in [0.29, 0.717) is 31.4 Å². The minimum atomic E-state index is -4.58. The quantitative estimate of drug-likeness (QED) is 0.714. The van der Waals surface area contributed by atoms with Gasteiger partial charge in [0.2, 0.25) is 0 Å². The third-order valence-electron chi connectivity index (χ3n) is 4.35. The van der Waals surface area contributed by atoms with Crippen molar-refractivity contribution < 1.29 is 22.7 Å². The molecule has 0 radical (unpaired) electrons. The van der Waals surface area contributed by atoms with Gasteiger partial charge in [0.1, 0.15) is 17.5 Å². The van der Waals surface area contributed by atoms with Gasteiger partial charge in [-0.2, -0.15) is 13.2 Å². The molecular formula is C19H22F3N5O2. The number of hydrogen-bond donors (Lipinski definition) is 2. The van der Waals surface area contributed by atoms with Gasteiger partial charge in [-0.3, -0.25) is 4.79 Å². The Morgan fingerprint density at radius 2 is 1.90 bits per heavy atom. The topological polar surface area (TPSA) is 79.4 Å². The molecule has 0 unspecified atom stereocenters. The minimum Gasteiger partial charge on any atom is -0.378 e. The van der Waals surface area contributed by atoms with Crippen molar-refractivity contribution >= 4 is 17.5 Å². The molecule has 0 bridgehead atoms. The van der Waals surface area contributed by atoms with E-state index in [1.54, 1.807) is 13.0 Å². The Hall–Kier alpha value is -2.88. The van der Waals surface area contributed by atoms with Crippen LogP contribution in [-0.4, -0.2) is 55.3 Å². The van der Waals surface area contributed by atoms with Crippen LogP contribution in [0.2, 0.25) is 0 Å². The Balaban J connectivity index is 1.56. The molecule has 1 saturated heterocycles. The number of morpholine rings is 1. The van der Waals surface area contributed by atoms with E-state index in [0.717, 1.165) is 31.0 Å². The largest absolute Gasteiger partial charge is 0.417 e. The van der Waals surface area contributed by atoms with Crippen molar-refractivity contribution in [2.75, 3.05) is 49.6 Å². The average Bonchev–Trinajstić information content (AvgIpc) is 2.71. The van der Waals surface area contributed by atoms with Gasteiger partial charge in [-0.15, -0.1) is 0 Å². The molecule has 7 nitrogen and oxygen atoms in total. The maximum absolute atomic E-state index is 13.0. The summed E-state index contributed by atoms with van der Waals surface area (Å²) in [6.07, 6.45) is -4.58. The highest BCUT2D eigenvalue weighted by Gasteiger charge is 2.34. The number of ether oxygens (including phenoxy) is 1. The van der Waals surface area contributed by atoms with E-state index in [1.807, 2.05) is 0 Å². The van der Waals surface area contributed by atoms with E-state index in [4.69, 9.17) is 4.74 Å². The normalized spacial score (nSPS) is 14.6. The van der Waals surface area contributed by atoms with Crippen LogP contribution in [0.1, 0.15) is 21.7 Å². The zero-order valence-corrected chi connectivity index (χ0v) is 15.9. The van der Waals surface area contributed by atoms with E-state index >= 15 is 0 Å². The van der Waals surface area contributed by atoms with Crippen LogP contribution < -0.4 is 15.5 Å². The second kappa shape index (κ2) is 9.08. The molecular weight excluding hydrogens is 387 g/mol. The number of halogens is 3. The Kier molecular flexibility index (Phi) is 6.53. The van der Waals surface area contributed by atoms with Crippen molar-refractivity contribution in [3.05, 3.63) is 47.3 Å². The molecule has 1 fully saturated rings. The summed E-state index contributed by atoms with van der Waals surface area (Å²) in [5.74, 6) is 1.20. The van der Waals surface area contributed by atoms with Gasteiger partial charge in [-0.1, -0.05) is 12.1 Å². The van der Waals surface area contributed by atoms with E-state index in [9.17, 15) is 18.0 Å². The number of anilines is 2. The zero-order valence-electron chi connectivity index (χ0n) is 15.9. The van der Waals surface area contributed by atoms with Crippen LogP contribution in [0.3, 0.4) is 0 Å². The van der Waals surface area contributed by atoms with Gasteiger partial charge in [0.25, 0.3) is 5.91 Å². The van der Waals surface area contributed by atoms with Gasteiger partial charge in [-0.05, 0) is 19.1 Å². The lowest BCUT2D eigenvalue weighted by molar-refractivity contribution is -0.137. The molecule has 2 aromatic rings. The number of nitrogens with zero attached hydrogens (tertiary/aromatic N) is 3. The molecule has 1 aromatic heterocycles. The molecule has 29 heavy (non-hydrogen) atoms. The number of aromatic nitrogens is 2. The Morgan fingerprint density at radius 1 is 1.17 bits per heavy atom. The first kappa shape index (κ1) is 20.8. The molecule has 10 heteroatoms. The first-order valence-corrected chi connectivity index (χ1v) is 9.21. The van der Waals surface area contributed by atoms with Gasteiger partial charge in [0.05, 0.1) is 24.3 Å². The number of amides is 1. The third-order valence-corrected chi connectivity index (χ3v) is 4.35. The summed E-state index contributed by atoms with van der Waals surface area (Å²) in [5.41, 5.74) is -1.35. The number of aryl methyl sites for hydroxylation is 1. The number of benzene rings is 1. The fourth-order valence-corrected chi connectivity index (χ4v) is 2.99. The summed E-state index contributed by atoms with van der Waals surface area (Å²) < 4.78 is 44.4. The smallest absolute Gasteiger partial charge is 0.378 e. The molecule has 0 saturated carbocycles. The lowest BCUT2D eigenvalue weighted by Gasteiger charge is -2.28. The van der Waals surface area contributed by atoms with Crippen LogP contribution in [0.4, 0.5) is 24.8 Å². The van der Waals surface area contributed by atoms with E-state index in [-0.39, 0.29) is 6.54 Å². The van der Waals surface area contributed by atoms with Crippen LogP contribution in [-0.2, 0) is 10.9 Å². The molecule has 0 spiro atoms. The monoisotopic (exact) mass is 409 g/mol. The highest BCUT2D eigenvalue weighted by molar-refractivity contribution is 5.95. The molecule has 0 aliphatic carbocycles. The summed E-state index contributed by atoms with van der Waals surface area (Å²) in [5, 5.41) is 5.57. The Bertz CT molecular complexity index is 854. The molecule has 2 N–H and O–H groups in total. The summed E-state index contributed by atoms with van der Waals surface area (Å²) >= 11 is 0. The van der Waals surface area contributed by atoms with Gasteiger partial charge >= 0.3 is 6.18 Å². The van der Waals surface area contributed by atoms with E-state index < -0.39 is 23.2 Å². The summed E-state index contributed by atoms with van der Waals surface area (Å²) in [4.78, 5) is 23.0. The average molecular weight is 409 g/mol. The van der Waals surface area contributed by atoms with Gasteiger partial charge in [0.15, 0.2) is 0 Å². The van der Waals surface area contributed by atoms with Crippen molar-refractivity contribution in [2.24, 2.45) is 0 Å². The zero-order chi connectivity index (χ0) is 20.9. The second-order valence-electron chi connectivity index (χ2n) is 6.48. The van der Waals surface area contributed by atoms with Crippen LogP contribution in [0, 0.1) is 6.92 Å². The van der Waals surface area contributed by atoms with Crippen molar-refractivity contribution in [3.63, 3.8) is 0 Å². The number of carbonyl (C=O) groups excluding carboxylic acids is 1. The van der Waals surface area contributed by atoms with Crippen LogP contribution in [0.5, 0.6) is 0 Å². The van der Waals surface area contributed by atoms with Crippen LogP contribution in [0.25, 0.3) is 0 Å². The molecule has 1 amide bonds. The van der Waals surface area contributed by atoms with Crippen LogP contribution >= 0.6 is 0 Å². The summed E-state index contributed by atoms with van der Waals surface area (Å²) in [6, 6.07) is 6.51. The number of alkyl halides is 3. The molecule has 1 aliphatic heterocycles. The fourth-order valence-electron chi connectivity index (χ4n) is 2.99. The van der Waals surface area contributed by atoms with Crippen LogP contribution in [0.15, 0.2) is 30.3 Å². The van der Waals surface area contributed by atoms with E-state index in [2.05, 4.69) is 25.5 Å².